The molecule has 1 aliphatic rings. The average Bonchev–Trinajstić information content (AvgIpc) is 3.10. The van der Waals surface area contributed by atoms with Crippen molar-refractivity contribution in [2.45, 2.75) is 37.3 Å². The minimum atomic E-state index is -1.90. The summed E-state index contributed by atoms with van der Waals surface area (Å²) in [6, 6.07) is 19.4. The molecule has 4 atom stereocenters. The summed E-state index contributed by atoms with van der Waals surface area (Å²) in [6.07, 6.45) is -3.63. The van der Waals surface area contributed by atoms with Crippen LogP contribution in [0.3, 0.4) is 0 Å². The van der Waals surface area contributed by atoms with E-state index in [0.29, 0.717) is 0 Å². The van der Waals surface area contributed by atoms with Gasteiger partial charge >= 0.3 is 5.69 Å². The molecule has 0 amide bonds. The van der Waals surface area contributed by atoms with Gasteiger partial charge < -0.3 is 14.2 Å². The van der Waals surface area contributed by atoms with Crippen LogP contribution in [0.1, 0.15) is 17.4 Å². The first-order valence-corrected chi connectivity index (χ1v) is 10.5. The zero-order valence-corrected chi connectivity index (χ0v) is 17.7. The van der Waals surface area contributed by atoms with Gasteiger partial charge in [0.25, 0.3) is 5.56 Å². The molecule has 2 heterocycles. The summed E-state index contributed by atoms with van der Waals surface area (Å²) in [5.41, 5.74) is -1.66. The van der Waals surface area contributed by atoms with E-state index in [1.54, 1.807) is 12.1 Å². The van der Waals surface area contributed by atoms with Crippen molar-refractivity contribution < 1.29 is 23.0 Å². The number of H-pyrrole nitrogens is 1. The van der Waals surface area contributed by atoms with E-state index in [2.05, 4.69) is 4.98 Å². The zero-order chi connectivity index (χ0) is 23.3. The van der Waals surface area contributed by atoms with Gasteiger partial charge in [0, 0.05) is 12.3 Å². The predicted octanol–water partition coefficient (Wildman–Crippen LogP) is 2.91. The number of aromatic nitrogens is 2. The Bertz CT molecular complexity index is 1150. The Balaban J connectivity index is 1.59. The van der Waals surface area contributed by atoms with Crippen LogP contribution in [0.2, 0.25) is 0 Å². The Morgan fingerprint density at radius 2 is 1.61 bits per heavy atom. The van der Waals surface area contributed by atoms with Crippen LogP contribution in [0.25, 0.3) is 0 Å². The van der Waals surface area contributed by atoms with E-state index in [4.69, 9.17) is 14.2 Å². The first-order chi connectivity index (χ1) is 16.0. The van der Waals surface area contributed by atoms with E-state index in [-0.39, 0.29) is 19.8 Å². The van der Waals surface area contributed by atoms with Gasteiger partial charge in [-0.1, -0.05) is 60.7 Å². The molecule has 1 N–H and O–H groups in total. The smallest absolute Gasteiger partial charge is 0.330 e. The third-order valence-corrected chi connectivity index (χ3v) is 5.52. The van der Waals surface area contributed by atoms with Gasteiger partial charge in [0.2, 0.25) is 0 Å². The van der Waals surface area contributed by atoms with Gasteiger partial charge in [-0.05, 0) is 11.1 Å². The van der Waals surface area contributed by atoms with Crippen molar-refractivity contribution in [1.29, 1.82) is 0 Å². The SMILES string of the molecule is O=c1ccn([C@@H]2O[C@](CF)(COCc3ccccc3)[C@@H](OCc3ccccc3)[C@H]2F)c(=O)[nH]1. The lowest BCUT2D eigenvalue weighted by Crippen LogP contribution is -2.49. The Hall–Kier alpha value is -3.14. The van der Waals surface area contributed by atoms with Crippen LogP contribution in [0.4, 0.5) is 8.78 Å². The number of alkyl halides is 2. The van der Waals surface area contributed by atoms with Crippen molar-refractivity contribution in [3.05, 3.63) is 105 Å². The monoisotopic (exact) mass is 458 g/mol. The van der Waals surface area contributed by atoms with Crippen LogP contribution >= 0.6 is 0 Å². The minimum absolute atomic E-state index is 0.0168. The van der Waals surface area contributed by atoms with E-state index in [1.165, 1.54) is 0 Å². The van der Waals surface area contributed by atoms with Crippen molar-refractivity contribution in [1.82, 2.24) is 9.55 Å². The molecule has 0 spiro atoms. The van der Waals surface area contributed by atoms with E-state index < -0.39 is 42.0 Å². The number of halogens is 2. The number of aromatic amines is 1. The number of nitrogens with one attached hydrogen (secondary N) is 1. The molecular formula is C24H24F2N2O5. The summed E-state index contributed by atoms with van der Waals surface area (Å²) in [5.74, 6) is 0. The molecule has 1 fully saturated rings. The van der Waals surface area contributed by atoms with Gasteiger partial charge in [-0.2, -0.15) is 0 Å². The fourth-order valence-electron chi connectivity index (χ4n) is 3.83. The normalized spacial score (nSPS) is 24.7. The molecule has 0 bridgehead atoms. The average molecular weight is 458 g/mol. The number of rotatable bonds is 9. The summed E-state index contributed by atoms with van der Waals surface area (Å²) in [4.78, 5) is 25.7. The number of benzene rings is 2. The van der Waals surface area contributed by atoms with Crippen molar-refractivity contribution in [2.75, 3.05) is 13.3 Å². The molecule has 3 aromatic rings. The molecule has 9 heteroatoms. The quantitative estimate of drug-likeness (QED) is 0.533. The largest absolute Gasteiger partial charge is 0.374 e. The maximum atomic E-state index is 15.6. The van der Waals surface area contributed by atoms with E-state index in [1.807, 2.05) is 48.5 Å². The summed E-state index contributed by atoms with van der Waals surface area (Å²) in [6.45, 7) is -1.22. The molecule has 174 valence electrons. The highest BCUT2D eigenvalue weighted by molar-refractivity contribution is 5.15. The van der Waals surface area contributed by atoms with Crippen molar-refractivity contribution in [3.8, 4) is 0 Å². The Kier molecular flexibility index (Phi) is 7.12. The fourth-order valence-corrected chi connectivity index (χ4v) is 3.83. The summed E-state index contributed by atoms with van der Waals surface area (Å²) < 4.78 is 48.3. The first kappa shape index (κ1) is 23.0. The lowest BCUT2D eigenvalue weighted by molar-refractivity contribution is -0.165. The van der Waals surface area contributed by atoms with Gasteiger partial charge in [0.1, 0.15) is 12.8 Å². The Labute approximate surface area is 188 Å². The third kappa shape index (κ3) is 5.11. The molecule has 4 rings (SSSR count). The van der Waals surface area contributed by atoms with Crippen molar-refractivity contribution in [2.24, 2.45) is 0 Å². The number of hydrogen-bond donors (Lipinski definition) is 1. The molecule has 33 heavy (non-hydrogen) atoms. The maximum absolute atomic E-state index is 15.6. The summed E-state index contributed by atoms with van der Waals surface area (Å²) in [7, 11) is 0. The lowest BCUT2D eigenvalue weighted by Gasteiger charge is -2.31. The third-order valence-electron chi connectivity index (χ3n) is 5.52. The number of ether oxygens (including phenoxy) is 3. The first-order valence-electron chi connectivity index (χ1n) is 10.5. The molecule has 0 unspecified atom stereocenters. The highest BCUT2D eigenvalue weighted by Crippen LogP contribution is 2.41. The van der Waals surface area contributed by atoms with Crippen LogP contribution in [0, 0.1) is 0 Å². The summed E-state index contributed by atoms with van der Waals surface area (Å²) in [5, 5.41) is 0. The Morgan fingerprint density at radius 3 is 2.21 bits per heavy atom. The van der Waals surface area contributed by atoms with Crippen LogP contribution in [0.15, 0.2) is 82.5 Å². The lowest BCUT2D eigenvalue weighted by atomic mass is 9.97. The molecule has 0 aliphatic carbocycles. The van der Waals surface area contributed by atoms with Gasteiger partial charge in [0.05, 0.1) is 19.8 Å². The molecule has 0 saturated carbocycles. The molecule has 2 aromatic carbocycles. The van der Waals surface area contributed by atoms with Crippen molar-refractivity contribution in [3.63, 3.8) is 0 Å². The second kappa shape index (κ2) is 10.2. The second-order valence-electron chi connectivity index (χ2n) is 7.86. The van der Waals surface area contributed by atoms with Gasteiger partial charge in [-0.15, -0.1) is 0 Å². The Morgan fingerprint density at radius 1 is 0.970 bits per heavy atom. The topological polar surface area (TPSA) is 82.5 Å². The van der Waals surface area contributed by atoms with Crippen LogP contribution < -0.4 is 11.2 Å². The second-order valence-corrected chi connectivity index (χ2v) is 7.86. The molecule has 1 aromatic heterocycles. The highest BCUT2D eigenvalue weighted by atomic mass is 19.1. The van der Waals surface area contributed by atoms with Gasteiger partial charge in [-0.25, -0.2) is 13.6 Å². The standard InChI is InChI=1S/C24H24F2N2O5/c25-15-24(16-31-13-17-7-3-1-4-8-17)21(32-14-18-9-5-2-6-10-18)20(26)22(33-24)28-12-11-19(29)27-23(28)30/h1-12,20-22H,13-16H2,(H,27,29,30)/t20-,21+,22-,24-/m1/s1. The van der Waals surface area contributed by atoms with Crippen molar-refractivity contribution >= 4 is 0 Å². The zero-order valence-electron chi connectivity index (χ0n) is 17.7. The predicted molar refractivity (Wildman–Crippen MR) is 116 cm³/mol. The van der Waals surface area contributed by atoms with Crippen LogP contribution in [0.5, 0.6) is 0 Å². The minimum Gasteiger partial charge on any atom is -0.374 e. The molecule has 1 saturated heterocycles. The highest BCUT2D eigenvalue weighted by Gasteiger charge is 2.58. The molecule has 7 nitrogen and oxygen atoms in total. The van der Waals surface area contributed by atoms with E-state index in [9.17, 15) is 14.0 Å². The molecule has 0 radical (unpaired) electrons. The van der Waals surface area contributed by atoms with Crippen LogP contribution in [-0.2, 0) is 27.4 Å². The van der Waals surface area contributed by atoms with Gasteiger partial charge in [-0.3, -0.25) is 14.3 Å². The molecule has 1 aliphatic heterocycles. The summed E-state index contributed by atoms with van der Waals surface area (Å²) >= 11 is 0. The fraction of sp³-hybridized carbons (Fsp3) is 0.333. The van der Waals surface area contributed by atoms with Gasteiger partial charge in [0.15, 0.2) is 18.0 Å². The van der Waals surface area contributed by atoms with E-state index in [0.717, 1.165) is 28.0 Å². The molecular weight excluding hydrogens is 434 g/mol. The van der Waals surface area contributed by atoms with E-state index >= 15 is 4.39 Å². The maximum Gasteiger partial charge on any atom is 0.330 e. The number of nitrogens with zero attached hydrogens (tertiary/aromatic N) is 1. The number of hydrogen-bond acceptors (Lipinski definition) is 5. The van der Waals surface area contributed by atoms with Crippen LogP contribution in [-0.4, -0.2) is 40.7 Å².